The van der Waals surface area contributed by atoms with Crippen molar-refractivity contribution in [2.24, 2.45) is 11.7 Å². The molecule has 0 bridgehead atoms. The first kappa shape index (κ1) is 13.9. The van der Waals surface area contributed by atoms with E-state index in [1.54, 1.807) is 0 Å². The van der Waals surface area contributed by atoms with Gasteiger partial charge >= 0.3 is 0 Å². The van der Waals surface area contributed by atoms with Gasteiger partial charge in [0.2, 0.25) is 0 Å². The van der Waals surface area contributed by atoms with E-state index in [-0.39, 0.29) is 6.10 Å². The lowest BCUT2D eigenvalue weighted by atomic mass is 10.1. The van der Waals surface area contributed by atoms with E-state index in [9.17, 15) is 0 Å². The average Bonchev–Trinajstić information content (AvgIpc) is 2.95. The summed E-state index contributed by atoms with van der Waals surface area (Å²) in [6.45, 7) is 6.00. The van der Waals surface area contributed by atoms with Crippen LogP contribution in [0.5, 0.6) is 0 Å². The van der Waals surface area contributed by atoms with Gasteiger partial charge < -0.3 is 24.8 Å². The molecule has 0 aromatic rings. The van der Waals surface area contributed by atoms with Crippen molar-refractivity contribution in [2.45, 2.75) is 18.9 Å². The van der Waals surface area contributed by atoms with Gasteiger partial charge in [0.1, 0.15) is 19.3 Å². The molecule has 2 unspecified atom stereocenters. The van der Waals surface area contributed by atoms with Gasteiger partial charge in [-0.15, -0.1) is 0 Å². The number of hydrogen-bond acceptors (Lipinski definition) is 5. The fourth-order valence-corrected chi connectivity index (χ4v) is 3.01. The van der Waals surface area contributed by atoms with Gasteiger partial charge in [-0.2, -0.15) is 0 Å². The van der Waals surface area contributed by atoms with Crippen molar-refractivity contribution in [2.75, 3.05) is 46.0 Å². The van der Waals surface area contributed by atoms with Crippen LogP contribution in [-0.4, -0.2) is 57.0 Å². The maximum absolute atomic E-state index is 6.00. The molecule has 5 heteroatoms. The smallest absolute Gasteiger partial charge is 0.167 e. The van der Waals surface area contributed by atoms with Gasteiger partial charge in [0, 0.05) is 13.1 Å². The number of nitrogens with zero attached hydrogens (tertiary/aromatic N) is 1. The Labute approximate surface area is 120 Å². The zero-order valence-corrected chi connectivity index (χ0v) is 11.9. The Morgan fingerprint density at radius 1 is 1.35 bits per heavy atom. The molecule has 112 valence electrons. The molecule has 2 N–H and O–H groups in total. The van der Waals surface area contributed by atoms with E-state index in [1.807, 2.05) is 6.08 Å². The number of nitrogens with two attached hydrogens (primary N) is 1. The maximum Gasteiger partial charge on any atom is 0.167 e. The lowest BCUT2D eigenvalue weighted by Crippen LogP contribution is -2.31. The van der Waals surface area contributed by atoms with Crippen LogP contribution in [0.15, 0.2) is 23.7 Å². The van der Waals surface area contributed by atoms with E-state index in [1.165, 1.54) is 6.42 Å². The zero-order chi connectivity index (χ0) is 13.8. The molecular formula is C15H24N2O3. The second-order valence-corrected chi connectivity index (χ2v) is 5.61. The number of ether oxygens (including phenoxy) is 3. The molecule has 1 saturated heterocycles. The van der Waals surface area contributed by atoms with E-state index in [2.05, 4.69) is 11.0 Å². The van der Waals surface area contributed by atoms with Gasteiger partial charge in [-0.25, -0.2) is 0 Å². The SMILES string of the molecule is NCC1CCN(CCOC2CC=CC3=C2OCCO3)C1. The van der Waals surface area contributed by atoms with E-state index >= 15 is 0 Å². The molecule has 5 nitrogen and oxygen atoms in total. The van der Waals surface area contributed by atoms with Gasteiger partial charge in [0.25, 0.3) is 0 Å². The molecule has 2 atom stereocenters. The van der Waals surface area contributed by atoms with Crippen molar-refractivity contribution >= 4 is 0 Å². The molecule has 1 fully saturated rings. The summed E-state index contributed by atoms with van der Waals surface area (Å²) in [4.78, 5) is 2.43. The van der Waals surface area contributed by atoms with Gasteiger partial charge in [0.05, 0.1) is 6.61 Å². The Kier molecular flexibility index (Phi) is 4.60. The second kappa shape index (κ2) is 6.61. The predicted octanol–water partition coefficient (Wildman–Crippen LogP) is 0.871. The van der Waals surface area contributed by atoms with Crippen molar-refractivity contribution in [3.63, 3.8) is 0 Å². The van der Waals surface area contributed by atoms with Gasteiger partial charge in [0.15, 0.2) is 11.5 Å². The lowest BCUT2D eigenvalue weighted by molar-refractivity contribution is -0.0154. The number of rotatable bonds is 5. The molecule has 0 spiro atoms. The molecule has 0 saturated carbocycles. The third-order valence-electron chi connectivity index (χ3n) is 4.18. The second-order valence-electron chi connectivity index (χ2n) is 5.61. The van der Waals surface area contributed by atoms with Crippen molar-refractivity contribution in [1.29, 1.82) is 0 Å². The first-order chi connectivity index (χ1) is 9.86. The zero-order valence-electron chi connectivity index (χ0n) is 11.9. The molecule has 3 aliphatic rings. The minimum atomic E-state index is 0.0169. The molecule has 0 amide bonds. The Balaban J connectivity index is 1.45. The Morgan fingerprint density at radius 3 is 3.10 bits per heavy atom. The van der Waals surface area contributed by atoms with E-state index < -0.39 is 0 Å². The first-order valence-electron chi connectivity index (χ1n) is 7.57. The van der Waals surface area contributed by atoms with Crippen LogP contribution < -0.4 is 5.73 Å². The van der Waals surface area contributed by atoms with E-state index in [0.29, 0.717) is 19.1 Å². The molecule has 2 heterocycles. The largest absolute Gasteiger partial charge is 0.488 e. The normalized spacial score (nSPS) is 30.1. The lowest BCUT2D eigenvalue weighted by Gasteiger charge is -2.29. The number of likely N-dealkylation sites (tertiary alicyclic amines) is 1. The molecule has 0 aromatic carbocycles. The Morgan fingerprint density at radius 2 is 2.25 bits per heavy atom. The van der Waals surface area contributed by atoms with Crippen molar-refractivity contribution < 1.29 is 14.2 Å². The van der Waals surface area contributed by atoms with Gasteiger partial charge in [-0.1, -0.05) is 6.08 Å². The molecule has 1 aliphatic carbocycles. The molecular weight excluding hydrogens is 256 g/mol. The number of allylic oxidation sites excluding steroid dienone is 1. The fourth-order valence-electron chi connectivity index (χ4n) is 3.01. The minimum Gasteiger partial charge on any atom is -0.488 e. The highest BCUT2D eigenvalue weighted by Crippen LogP contribution is 2.26. The first-order valence-corrected chi connectivity index (χ1v) is 7.57. The predicted molar refractivity (Wildman–Crippen MR) is 76.0 cm³/mol. The molecule has 2 aliphatic heterocycles. The summed E-state index contributed by atoms with van der Waals surface area (Å²) in [6.07, 6.45) is 6.19. The average molecular weight is 280 g/mol. The summed E-state index contributed by atoms with van der Waals surface area (Å²) in [5.41, 5.74) is 5.71. The molecule has 0 aromatic heterocycles. The third kappa shape index (κ3) is 3.16. The quantitative estimate of drug-likeness (QED) is 0.810. The van der Waals surface area contributed by atoms with Crippen LogP contribution in [0.25, 0.3) is 0 Å². The van der Waals surface area contributed by atoms with Crippen molar-refractivity contribution in [3.8, 4) is 0 Å². The van der Waals surface area contributed by atoms with E-state index in [4.69, 9.17) is 19.9 Å². The van der Waals surface area contributed by atoms with Crippen LogP contribution in [0.3, 0.4) is 0 Å². The highest BCUT2D eigenvalue weighted by Gasteiger charge is 2.27. The minimum absolute atomic E-state index is 0.0169. The summed E-state index contributed by atoms with van der Waals surface area (Å²) in [5, 5.41) is 0. The van der Waals surface area contributed by atoms with Crippen molar-refractivity contribution in [3.05, 3.63) is 23.7 Å². The molecule has 20 heavy (non-hydrogen) atoms. The van der Waals surface area contributed by atoms with Gasteiger partial charge in [-0.05, 0) is 37.9 Å². The summed E-state index contributed by atoms with van der Waals surface area (Å²) in [7, 11) is 0. The molecule has 3 rings (SSSR count). The van der Waals surface area contributed by atoms with Crippen LogP contribution in [-0.2, 0) is 14.2 Å². The van der Waals surface area contributed by atoms with E-state index in [0.717, 1.165) is 50.7 Å². The fraction of sp³-hybridized carbons (Fsp3) is 0.733. The highest BCUT2D eigenvalue weighted by molar-refractivity contribution is 5.25. The summed E-state index contributed by atoms with van der Waals surface area (Å²) >= 11 is 0. The summed E-state index contributed by atoms with van der Waals surface area (Å²) < 4.78 is 17.3. The summed E-state index contributed by atoms with van der Waals surface area (Å²) in [6, 6.07) is 0. The van der Waals surface area contributed by atoms with Gasteiger partial charge in [-0.3, -0.25) is 0 Å². The van der Waals surface area contributed by atoms with Crippen LogP contribution in [0.4, 0.5) is 0 Å². The number of hydrogen-bond donors (Lipinski definition) is 1. The third-order valence-corrected chi connectivity index (χ3v) is 4.18. The van der Waals surface area contributed by atoms with Crippen LogP contribution in [0.2, 0.25) is 0 Å². The topological polar surface area (TPSA) is 57.0 Å². The van der Waals surface area contributed by atoms with Crippen LogP contribution in [0, 0.1) is 5.92 Å². The van der Waals surface area contributed by atoms with Crippen LogP contribution in [0.1, 0.15) is 12.8 Å². The highest BCUT2D eigenvalue weighted by atomic mass is 16.6. The van der Waals surface area contributed by atoms with Crippen molar-refractivity contribution in [1.82, 2.24) is 4.90 Å². The Hall–Kier alpha value is -1.04. The molecule has 0 radical (unpaired) electrons. The Bertz CT molecular complexity index is 395. The summed E-state index contributed by atoms with van der Waals surface area (Å²) in [5.74, 6) is 2.38. The van der Waals surface area contributed by atoms with Crippen LogP contribution >= 0.6 is 0 Å². The maximum atomic E-state index is 6.00. The standard InChI is InChI=1S/C15H24N2O3/c16-10-12-4-5-17(11-12)6-7-18-13-2-1-3-14-15(13)20-9-8-19-14/h1,3,12-13H,2,4-11,16H2. The monoisotopic (exact) mass is 280 g/mol.